The van der Waals surface area contributed by atoms with Crippen molar-refractivity contribution in [1.29, 1.82) is 0 Å². The summed E-state index contributed by atoms with van der Waals surface area (Å²) >= 11 is 0. The zero-order valence-electron chi connectivity index (χ0n) is 12.8. The number of hydrogen-bond donors (Lipinski definition) is 3. The molecule has 21 heavy (non-hydrogen) atoms. The summed E-state index contributed by atoms with van der Waals surface area (Å²) in [5, 5.41) is 5.53. The molecule has 1 aromatic rings. The van der Waals surface area contributed by atoms with Crippen LogP contribution in [0.3, 0.4) is 0 Å². The van der Waals surface area contributed by atoms with Crippen molar-refractivity contribution in [3.05, 3.63) is 36.9 Å². The first kappa shape index (κ1) is 16.9. The van der Waals surface area contributed by atoms with Gasteiger partial charge in [0.2, 0.25) is 11.8 Å². The highest BCUT2D eigenvalue weighted by molar-refractivity contribution is 5.97. The lowest BCUT2D eigenvalue weighted by molar-refractivity contribution is -0.123. The van der Waals surface area contributed by atoms with Crippen LogP contribution >= 0.6 is 0 Å². The molecule has 0 heterocycles. The van der Waals surface area contributed by atoms with E-state index in [1.54, 1.807) is 30.3 Å². The minimum absolute atomic E-state index is 0.0886. The van der Waals surface area contributed by atoms with E-state index in [0.29, 0.717) is 17.8 Å². The number of nitrogens with two attached hydrogens (primary N) is 1. The third-order valence-electron chi connectivity index (χ3n) is 2.83. The Morgan fingerprint density at radius 1 is 1.29 bits per heavy atom. The Balaban J connectivity index is 2.75. The normalized spacial score (nSPS) is 12.4. The molecular formula is C16H23N3O2. The molecule has 114 valence electrons. The molecule has 0 radical (unpaired) electrons. The van der Waals surface area contributed by atoms with Crippen molar-refractivity contribution in [1.82, 2.24) is 0 Å². The lowest BCUT2D eigenvalue weighted by Gasteiger charge is -2.18. The predicted molar refractivity (Wildman–Crippen MR) is 85.9 cm³/mol. The van der Waals surface area contributed by atoms with Crippen LogP contribution in [0.5, 0.6) is 0 Å². The van der Waals surface area contributed by atoms with Gasteiger partial charge in [-0.1, -0.05) is 32.9 Å². The number of benzene rings is 1. The fraction of sp³-hybridized carbons (Fsp3) is 0.375. The highest BCUT2D eigenvalue weighted by Crippen LogP contribution is 2.20. The molecule has 5 heteroatoms. The van der Waals surface area contributed by atoms with E-state index in [1.807, 2.05) is 20.8 Å². The van der Waals surface area contributed by atoms with Crippen molar-refractivity contribution < 1.29 is 9.59 Å². The molecular weight excluding hydrogens is 266 g/mol. The first-order chi connectivity index (χ1) is 9.74. The van der Waals surface area contributed by atoms with Crippen molar-refractivity contribution in [2.75, 3.05) is 10.6 Å². The molecule has 0 aromatic heterocycles. The molecule has 5 nitrogen and oxygen atoms in total. The van der Waals surface area contributed by atoms with Gasteiger partial charge in [0.25, 0.3) is 0 Å². The van der Waals surface area contributed by atoms with Crippen molar-refractivity contribution in [2.45, 2.75) is 33.2 Å². The SMILES string of the molecule is C=CCC(N)C(=O)Nc1cccc(NC(=O)C(C)(C)C)c1. The molecule has 4 N–H and O–H groups in total. The van der Waals surface area contributed by atoms with Gasteiger partial charge in [-0.3, -0.25) is 9.59 Å². The number of carbonyl (C=O) groups is 2. The van der Waals surface area contributed by atoms with E-state index in [1.165, 1.54) is 0 Å². The highest BCUT2D eigenvalue weighted by Gasteiger charge is 2.21. The molecule has 0 saturated heterocycles. The van der Waals surface area contributed by atoms with Crippen LogP contribution in [0.2, 0.25) is 0 Å². The lowest BCUT2D eigenvalue weighted by Crippen LogP contribution is -2.35. The lowest BCUT2D eigenvalue weighted by atomic mass is 9.95. The molecule has 0 spiro atoms. The zero-order valence-corrected chi connectivity index (χ0v) is 12.8. The molecule has 0 aliphatic carbocycles. The van der Waals surface area contributed by atoms with Crippen LogP contribution < -0.4 is 16.4 Å². The third-order valence-corrected chi connectivity index (χ3v) is 2.83. The maximum absolute atomic E-state index is 11.9. The van der Waals surface area contributed by atoms with Gasteiger partial charge in [0, 0.05) is 16.8 Å². The van der Waals surface area contributed by atoms with E-state index < -0.39 is 11.5 Å². The van der Waals surface area contributed by atoms with Crippen LogP contribution in [0.15, 0.2) is 36.9 Å². The number of anilines is 2. The van der Waals surface area contributed by atoms with Gasteiger partial charge < -0.3 is 16.4 Å². The standard InChI is InChI=1S/C16H23N3O2/c1-5-7-13(17)14(20)18-11-8-6-9-12(10-11)19-15(21)16(2,3)4/h5-6,8-10,13H,1,7,17H2,2-4H3,(H,18,20)(H,19,21). The second kappa shape index (κ2) is 7.04. The van der Waals surface area contributed by atoms with Crippen molar-refractivity contribution >= 4 is 23.2 Å². The topological polar surface area (TPSA) is 84.2 Å². The second-order valence-corrected chi connectivity index (χ2v) is 5.91. The maximum Gasteiger partial charge on any atom is 0.241 e. The maximum atomic E-state index is 11.9. The average Bonchev–Trinajstić information content (AvgIpc) is 2.38. The fourth-order valence-corrected chi connectivity index (χ4v) is 1.51. The van der Waals surface area contributed by atoms with E-state index in [0.717, 1.165) is 0 Å². The first-order valence-corrected chi connectivity index (χ1v) is 6.83. The molecule has 0 fully saturated rings. The molecule has 2 amide bonds. The van der Waals surface area contributed by atoms with Crippen LogP contribution in [-0.2, 0) is 9.59 Å². The summed E-state index contributed by atoms with van der Waals surface area (Å²) in [5.41, 5.74) is 6.44. The largest absolute Gasteiger partial charge is 0.326 e. The Morgan fingerprint density at radius 2 is 1.86 bits per heavy atom. The van der Waals surface area contributed by atoms with Gasteiger partial charge in [-0.2, -0.15) is 0 Å². The van der Waals surface area contributed by atoms with Crippen LogP contribution in [0.25, 0.3) is 0 Å². The van der Waals surface area contributed by atoms with Gasteiger partial charge in [-0.15, -0.1) is 6.58 Å². The minimum atomic E-state index is -0.629. The third kappa shape index (κ3) is 5.39. The number of hydrogen-bond acceptors (Lipinski definition) is 3. The van der Waals surface area contributed by atoms with Gasteiger partial charge in [-0.25, -0.2) is 0 Å². The molecule has 1 unspecified atom stereocenters. The molecule has 1 aromatic carbocycles. The summed E-state index contributed by atoms with van der Waals surface area (Å²) in [6.45, 7) is 9.06. The number of nitrogens with one attached hydrogen (secondary N) is 2. The number of rotatable bonds is 5. The quantitative estimate of drug-likeness (QED) is 0.728. The average molecular weight is 289 g/mol. The van der Waals surface area contributed by atoms with Crippen molar-refractivity contribution in [3.8, 4) is 0 Å². The highest BCUT2D eigenvalue weighted by atomic mass is 16.2. The summed E-state index contributed by atoms with van der Waals surface area (Å²) < 4.78 is 0. The Morgan fingerprint density at radius 3 is 2.38 bits per heavy atom. The molecule has 1 atom stereocenters. The monoisotopic (exact) mass is 289 g/mol. The van der Waals surface area contributed by atoms with E-state index in [2.05, 4.69) is 17.2 Å². The molecule has 0 aliphatic heterocycles. The van der Waals surface area contributed by atoms with Gasteiger partial charge in [-0.05, 0) is 24.6 Å². The van der Waals surface area contributed by atoms with Crippen LogP contribution in [-0.4, -0.2) is 17.9 Å². The first-order valence-electron chi connectivity index (χ1n) is 6.83. The minimum Gasteiger partial charge on any atom is -0.326 e. The number of carbonyl (C=O) groups excluding carboxylic acids is 2. The summed E-state index contributed by atoms with van der Waals surface area (Å²) in [6, 6.07) is 6.33. The molecule has 0 bridgehead atoms. The van der Waals surface area contributed by atoms with Crippen LogP contribution in [0.4, 0.5) is 11.4 Å². The molecule has 1 rings (SSSR count). The van der Waals surface area contributed by atoms with E-state index in [4.69, 9.17) is 5.73 Å². The van der Waals surface area contributed by atoms with Crippen LogP contribution in [0.1, 0.15) is 27.2 Å². The number of amides is 2. The van der Waals surface area contributed by atoms with Gasteiger partial charge in [0.1, 0.15) is 0 Å². The Labute approximate surface area is 125 Å². The smallest absolute Gasteiger partial charge is 0.241 e. The summed E-state index contributed by atoms with van der Waals surface area (Å²) in [6.07, 6.45) is 2.01. The predicted octanol–water partition coefficient (Wildman–Crippen LogP) is 2.51. The summed E-state index contributed by atoms with van der Waals surface area (Å²) in [7, 11) is 0. The zero-order chi connectivity index (χ0) is 16.0. The molecule has 0 aliphatic rings. The van der Waals surface area contributed by atoms with Crippen LogP contribution in [0, 0.1) is 5.41 Å². The Hall–Kier alpha value is -2.14. The van der Waals surface area contributed by atoms with Crippen molar-refractivity contribution in [3.63, 3.8) is 0 Å². The van der Waals surface area contributed by atoms with Gasteiger partial charge >= 0.3 is 0 Å². The van der Waals surface area contributed by atoms with Gasteiger partial charge in [0.15, 0.2) is 0 Å². The second-order valence-electron chi connectivity index (χ2n) is 5.91. The Kier molecular flexibility index (Phi) is 5.67. The van der Waals surface area contributed by atoms with E-state index in [9.17, 15) is 9.59 Å². The van der Waals surface area contributed by atoms with E-state index >= 15 is 0 Å². The van der Waals surface area contributed by atoms with Crippen molar-refractivity contribution in [2.24, 2.45) is 11.1 Å². The summed E-state index contributed by atoms with van der Waals surface area (Å²) in [5.74, 6) is -0.372. The van der Waals surface area contributed by atoms with Gasteiger partial charge in [0.05, 0.1) is 6.04 Å². The fourth-order valence-electron chi connectivity index (χ4n) is 1.51. The molecule has 0 saturated carbocycles. The van der Waals surface area contributed by atoms with E-state index in [-0.39, 0.29) is 11.8 Å². The Bertz CT molecular complexity index is 533. The summed E-state index contributed by atoms with van der Waals surface area (Å²) in [4.78, 5) is 23.8.